The number of carboxylic acids is 1. The molecule has 1 N–H and O–H groups in total. The molecular weight excluding hydrogens is 292 g/mol. The van der Waals surface area contributed by atoms with Crippen LogP contribution in [-0.2, 0) is 11.3 Å². The number of carbonyl (C=O) groups is 1. The van der Waals surface area contributed by atoms with E-state index in [1.165, 1.54) is 6.20 Å². The van der Waals surface area contributed by atoms with Crippen LogP contribution < -0.4 is 0 Å². The lowest BCUT2D eigenvalue weighted by Crippen LogP contribution is -2.07. The Morgan fingerprint density at radius 1 is 1.09 bits per heavy atom. The molecule has 0 aliphatic rings. The average Bonchev–Trinajstić information content (AvgIpc) is 2.55. The summed E-state index contributed by atoms with van der Waals surface area (Å²) in [5.41, 5.74) is 3.13. The van der Waals surface area contributed by atoms with Gasteiger partial charge in [-0.25, -0.2) is 4.79 Å². The number of pyridine rings is 2. The molecule has 0 fully saturated rings. The molecule has 0 saturated carbocycles. The van der Waals surface area contributed by atoms with Crippen molar-refractivity contribution in [2.75, 3.05) is 6.61 Å². The molecule has 23 heavy (non-hydrogen) atoms. The maximum absolute atomic E-state index is 10.8. The highest BCUT2D eigenvalue weighted by Gasteiger charge is 2.10. The van der Waals surface area contributed by atoms with Gasteiger partial charge in [0.15, 0.2) is 0 Å². The SMILES string of the molecule is CC(C)c1ccc(COCC(C)c2ccc(C(=O)O)cn2)cn1. The number of hydrogen-bond acceptors (Lipinski definition) is 4. The van der Waals surface area contributed by atoms with Gasteiger partial charge in [0.25, 0.3) is 0 Å². The van der Waals surface area contributed by atoms with Crippen LogP contribution >= 0.6 is 0 Å². The van der Waals surface area contributed by atoms with Crippen LogP contribution in [0.25, 0.3) is 0 Å². The molecule has 0 spiro atoms. The smallest absolute Gasteiger partial charge is 0.337 e. The Labute approximate surface area is 136 Å². The van der Waals surface area contributed by atoms with E-state index in [1.807, 2.05) is 25.3 Å². The normalized spacial score (nSPS) is 12.3. The summed E-state index contributed by atoms with van der Waals surface area (Å²) in [6.07, 6.45) is 3.22. The van der Waals surface area contributed by atoms with E-state index in [0.29, 0.717) is 19.1 Å². The first-order chi connectivity index (χ1) is 11.0. The zero-order valence-electron chi connectivity index (χ0n) is 13.7. The fourth-order valence-electron chi connectivity index (χ4n) is 2.13. The first-order valence-corrected chi connectivity index (χ1v) is 7.69. The molecular formula is C18H22N2O3. The average molecular weight is 314 g/mol. The number of carboxylic acid groups (broad SMARTS) is 1. The van der Waals surface area contributed by atoms with Crippen molar-refractivity contribution in [2.24, 2.45) is 0 Å². The molecule has 1 unspecified atom stereocenters. The van der Waals surface area contributed by atoms with Crippen LogP contribution in [0, 0.1) is 0 Å². The number of ether oxygens (including phenoxy) is 1. The van der Waals surface area contributed by atoms with Gasteiger partial charge in [-0.1, -0.05) is 26.8 Å². The van der Waals surface area contributed by atoms with E-state index in [-0.39, 0.29) is 11.5 Å². The van der Waals surface area contributed by atoms with Gasteiger partial charge in [-0.2, -0.15) is 0 Å². The second-order valence-corrected chi connectivity index (χ2v) is 5.94. The van der Waals surface area contributed by atoms with Crippen molar-refractivity contribution in [1.29, 1.82) is 0 Å². The van der Waals surface area contributed by atoms with Gasteiger partial charge < -0.3 is 9.84 Å². The van der Waals surface area contributed by atoms with Crippen LogP contribution in [-0.4, -0.2) is 27.7 Å². The van der Waals surface area contributed by atoms with Gasteiger partial charge >= 0.3 is 5.97 Å². The maximum Gasteiger partial charge on any atom is 0.337 e. The third kappa shape index (κ3) is 4.86. The van der Waals surface area contributed by atoms with Crippen LogP contribution in [0.4, 0.5) is 0 Å². The number of aromatic nitrogens is 2. The molecule has 0 aliphatic carbocycles. The first-order valence-electron chi connectivity index (χ1n) is 7.69. The molecule has 5 heteroatoms. The minimum absolute atomic E-state index is 0.0979. The summed E-state index contributed by atoms with van der Waals surface area (Å²) < 4.78 is 5.72. The Balaban J connectivity index is 1.84. The minimum Gasteiger partial charge on any atom is -0.478 e. The van der Waals surface area contributed by atoms with Crippen LogP contribution in [0.1, 0.15) is 59.9 Å². The molecule has 2 aromatic rings. The van der Waals surface area contributed by atoms with E-state index in [2.05, 4.69) is 23.8 Å². The highest BCUT2D eigenvalue weighted by molar-refractivity contribution is 5.87. The number of rotatable bonds is 7. The Hall–Kier alpha value is -2.27. The monoisotopic (exact) mass is 314 g/mol. The predicted molar refractivity (Wildman–Crippen MR) is 87.6 cm³/mol. The van der Waals surface area contributed by atoms with E-state index >= 15 is 0 Å². The summed E-state index contributed by atoms with van der Waals surface area (Å²) in [6, 6.07) is 7.36. The van der Waals surface area contributed by atoms with E-state index < -0.39 is 5.97 Å². The molecule has 122 valence electrons. The molecule has 1 atom stereocenters. The minimum atomic E-state index is -0.967. The summed E-state index contributed by atoms with van der Waals surface area (Å²) >= 11 is 0. The number of nitrogens with zero attached hydrogens (tertiary/aromatic N) is 2. The summed E-state index contributed by atoms with van der Waals surface area (Å²) in [4.78, 5) is 19.4. The molecule has 0 aliphatic heterocycles. The van der Waals surface area contributed by atoms with Gasteiger partial charge in [0.05, 0.1) is 18.8 Å². The Bertz CT molecular complexity index is 636. The lowest BCUT2D eigenvalue weighted by Gasteiger charge is -2.12. The molecule has 0 bridgehead atoms. The zero-order valence-corrected chi connectivity index (χ0v) is 13.7. The topological polar surface area (TPSA) is 72.3 Å². The van der Waals surface area contributed by atoms with Gasteiger partial charge in [0.2, 0.25) is 0 Å². The summed E-state index contributed by atoms with van der Waals surface area (Å²) in [7, 11) is 0. The fourth-order valence-corrected chi connectivity index (χ4v) is 2.13. The summed E-state index contributed by atoms with van der Waals surface area (Å²) in [6.45, 7) is 7.25. The van der Waals surface area contributed by atoms with E-state index in [1.54, 1.807) is 12.1 Å². The van der Waals surface area contributed by atoms with Gasteiger partial charge in [0, 0.05) is 29.7 Å². The zero-order chi connectivity index (χ0) is 16.8. The number of hydrogen-bond donors (Lipinski definition) is 1. The Morgan fingerprint density at radius 2 is 1.78 bits per heavy atom. The van der Waals surface area contributed by atoms with Crippen molar-refractivity contribution >= 4 is 5.97 Å². The van der Waals surface area contributed by atoms with Gasteiger partial charge in [-0.05, 0) is 29.7 Å². The molecule has 2 rings (SSSR count). The summed E-state index contributed by atoms with van der Waals surface area (Å²) in [5.74, 6) is -0.448. The highest BCUT2D eigenvalue weighted by Crippen LogP contribution is 2.15. The lowest BCUT2D eigenvalue weighted by molar-refractivity contribution is 0.0696. The fraction of sp³-hybridized carbons (Fsp3) is 0.389. The Morgan fingerprint density at radius 3 is 2.30 bits per heavy atom. The molecule has 0 aromatic carbocycles. The molecule has 2 aromatic heterocycles. The third-order valence-corrected chi connectivity index (χ3v) is 3.61. The largest absolute Gasteiger partial charge is 0.478 e. The maximum atomic E-state index is 10.8. The van der Waals surface area contributed by atoms with Crippen LogP contribution in [0.5, 0.6) is 0 Å². The van der Waals surface area contributed by atoms with E-state index in [9.17, 15) is 4.79 Å². The van der Waals surface area contributed by atoms with Crippen LogP contribution in [0.2, 0.25) is 0 Å². The van der Waals surface area contributed by atoms with Crippen molar-refractivity contribution in [1.82, 2.24) is 9.97 Å². The second kappa shape index (κ2) is 7.83. The van der Waals surface area contributed by atoms with Crippen molar-refractivity contribution in [3.63, 3.8) is 0 Å². The van der Waals surface area contributed by atoms with Crippen molar-refractivity contribution < 1.29 is 14.6 Å². The van der Waals surface area contributed by atoms with Crippen LogP contribution in [0.3, 0.4) is 0 Å². The molecule has 2 heterocycles. The Kier molecular flexibility index (Phi) is 5.82. The predicted octanol–water partition coefficient (Wildman–Crippen LogP) is 3.62. The molecule has 0 radical (unpaired) electrons. The van der Waals surface area contributed by atoms with Gasteiger partial charge in [-0.3, -0.25) is 9.97 Å². The van der Waals surface area contributed by atoms with Crippen molar-refractivity contribution in [3.8, 4) is 0 Å². The second-order valence-electron chi connectivity index (χ2n) is 5.94. The molecule has 0 amide bonds. The van der Waals surface area contributed by atoms with E-state index in [4.69, 9.17) is 9.84 Å². The summed E-state index contributed by atoms with van der Waals surface area (Å²) in [5, 5.41) is 8.86. The standard InChI is InChI=1S/C18H22N2O3/c1-12(2)16-6-4-14(8-19-16)11-23-10-13(3)17-7-5-15(9-20-17)18(21)22/h4-9,12-13H,10-11H2,1-3H3,(H,21,22). The molecule has 0 saturated heterocycles. The molecule has 5 nitrogen and oxygen atoms in total. The van der Waals surface area contributed by atoms with E-state index in [0.717, 1.165) is 17.0 Å². The first kappa shape index (κ1) is 17.1. The van der Waals surface area contributed by atoms with Gasteiger partial charge in [-0.15, -0.1) is 0 Å². The quantitative estimate of drug-likeness (QED) is 0.845. The van der Waals surface area contributed by atoms with Crippen molar-refractivity contribution in [3.05, 3.63) is 59.2 Å². The van der Waals surface area contributed by atoms with Gasteiger partial charge in [0.1, 0.15) is 0 Å². The highest BCUT2D eigenvalue weighted by atomic mass is 16.5. The lowest BCUT2D eigenvalue weighted by atomic mass is 10.1. The number of aromatic carboxylic acids is 1. The van der Waals surface area contributed by atoms with Crippen LogP contribution in [0.15, 0.2) is 36.7 Å². The third-order valence-electron chi connectivity index (χ3n) is 3.61. The van der Waals surface area contributed by atoms with Crippen molar-refractivity contribution in [2.45, 2.75) is 39.2 Å².